The van der Waals surface area contributed by atoms with Gasteiger partial charge in [-0.3, -0.25) is 0 Å². The fraction of sp³-hybridized carbons (Fsp3) is 1.00. The Morgan fingerprint density at radius 3 is 2.90 bits per heavy atom. The highest BCUT2D eigenvalue weighted by Crippen LogP contribution is 2.13. The third-order valence-corrected chi connectivity index (χ3v) is 2.19. The van der Waals surface area contributed by atoms with Gasteiger partial charge in [-0.2, -0.15) is 0 Å². The molecule has 2 heteroatoms. The monoisotopic (exact) mass is 143 g/mol. The first kappa shape index (κ1) is 8.02. The van der Waals surface area contributed by atoms with Crippen molar-refractivity contribution in [3.05, 3.63) is 0 Å². The summed E-state index contributed by atoms with van der Waals surface area (Å²) >= 11 is 0. The molecule has 0 amide bonds. The molecular weight excluding hydrogens is 126 g/mol. The van der Waals surface area contributed by atoms with Gasteiger partial charge in [-0.15, -0.1) is 0 Å². The van der Waals surface area contributed by atoms with Crippen LogP contribution in [0.1, 0.15) is 32.6 Å². The molecule has 0 radical (unpaired) electrons. The van der Waals surface area contributed by atoms with E-state index >= 15 is 0 Å². The highest BCUT2D eigenvalue weighted by molar-refractivity contribution is 4.76. The van der Waals surface area contributed by atoms with Crippen LogP contribution >= 0.6 is 0 Å². The number of nitrogens with one attached hydrogen (secondary N) is 1. The van der Waals surface area contributed by atoms with Crippen LogP contribution in [0.25, 0.3) is 0 Å². The standard InChI is InChI=1S/C8H17NO/c1-7-3-2-4-8(9-7)5-6-10/h7-10H,2-6H2,1H3/t7-,8+/m1/s1. The minimum absolute atomic E-state index is 0.324. The number of aliphatic hydroxyl groups is 1. The van der Waals surface area contributed by atoms with Crippen LogP contribution < -0.4 is 5.32 Å². The lowest BCUT2D eigenvalue weighted by atomic mass is 9.98. The first-order valence-corrected chi connectivity index (χ1v) is 4.20. The fourth-order valence-corrected chi connectivity index (χ4v) is 1.62. The molecule has 0 aromatic carbocycles. The van der Waals surface area contributed by atoms with Crippen LogP contribution in [0, 0.1) is 0 Å². The lowest BCUT2D eigenvalue weighted by Crippen LogP contribution is -2.40. The van der Waals surface area contributed by atoms with Gasteiger partial charge in [0, 0.05) is 18.7 Å². The topological polar surface area (TPSA) is 32.3 Å². The summed E-state index contributed by atoms with van der Waals surface area (Å²) in [6.07, 6.45) is 4.77. The molecule has 10 heavy (non-hydrogen) atoms. The Hall–Kier alpha value is -0.0800. The zero-order valence-electron chi connectivity index (χ0n) is 6.64. The first-order valence-electron chi connectivity index (χ1n) is 4.20. The van der Waals surface area contributed by atoms with Crippen LogP contribution in [-0.2, 0) is 0 Å². The maximum Gasteiger partial charge on any atom is 0.0445 e. The van der Waals surface area contributed by atoms with Gasteiger partial charge in [0.05, 0.1) is 0 Å². The summed E-state index contributed by atoms with van der Waals surface area (Å²) in [7, 11) is 0. The number of hydrogen-bond acceptors (Lipinski definition) is 2. The first-order chi connectivity index (χ1) is 4.83. The average Bonchev–Trinajstić information content (AvgIpc) is 1.88. The molecule has 0 aliphatic carbocycles. The molecule has 0 spiro atoms. The summed E-state index contributed by atoms with van der Waals surface area (Å²) in [6, 6.07) is 1.24. The Kier molecular flexibility index (Phi) is 3.16. The molecule has 0 aromatic heterocycles. The van der Waals surface area contributed by atoms with Crippen molar-refractivity contribution in [2.45, 2.75) is 44.7 Å². The molecule has 2 nitrogen and oxygen atoms in total. The van der Waals surface area contributed by atoms with Crippen molar-refractivity contribution in [2.75, 3.05) is 6.61 Å². The van der Waals surface area contributed by atoms with Crippen LogP contribution in [0.15, 0.2) is 0 Å². The van der Waals surface area contributed by atoms with E-state index in [0.29, 0.717) is 18.7 Å². The Bertz CT molecular complexity index is 93.3. The highest BCUT2D eigenvalue weighted by atomic mass is 16.3. The molecule has 0 saturated carbocycles. The van der Waals surface area contributed by atoms with Crippen LogP contribution in [0.3, 0.4) is 0 Å². The largest absolute Gasteiger partial charge is 0.396 e. The van der Waals surface area contributed by atoms with E-state index in [0.717, 1.165) is 6.42 Å². The second-order valence-electron chi connectivity index (χ2n) is 3.21. The Morgan fingerprint density at radius 2 is 2.30 bits per heavy atom. The van der Waals surface area contributed by atoms with Crippen LogP contribution in [0.2, 0.25) is 0 Å². The van der Waals surface area contributed by atoms with Crippen molar-refractivity contribution < 1.29 is 5.11 Å². The lowest BCUT2D eigenvalue weighted by Gasteiger charge is -2.28. The summed E-state index contributed by atoms with van der Waals surface area (Å²) < 4.78 is 0. The summed E-state index contributed by atoms with van der Waals surface area (Å²) in [4.78, 5) is 0. The molecular formula is C8H17NO. The van der Waals surface area contributed by atoms with E-state index in [2.05, 4.69) is 12.2 Å². The minimum atomic E-state index is 0.324. The summed E-state index contributed by atoms with van der Waals surface area (Å²) in [5.74, 6) is 0. The zero-order chi connectivity index (χ0) is 7.40. The van der Waals surface area contributed by atoms with Crippen molar-refractivity contribution in [1.82, 2.24) is 5.32 Å². The van der Waals surface area contributed by atoms with E-state index in [9.17, 15) is 0 Å². The number of hydrogen-bond donors (Lipinski definition) is 2. The third-order valence-electron chi connectivity index (χ3n) is 2.19. The van der Waals surface area contributed by atoms with E-state index in [1.807, 2.05) is 0 Å². The second-order valence-corrected chi connectivity index (χ2v) is 3.21. The predicted octanol–water partition coefficient (Wildman–Crippen LogP) is 0.899. The van der Waals surface area contributed by atoms with Crippen molar-refractivity contribution >= 4 is 0 Å². The maximum atomic E-state index is 8.66. The summed E-state index contributed by atoms with van der Waals surface area (Å²) in [5.41, 5.74) is 0. The fourth-order valence-electron chi connectivity index (χ4n) is 1.62. The smallest absolute Gasteiger partial charge is 0.0445 e. The molecule has 60 valence electrons. The molecule has 1 aliphatic rings. The molecule has 1 heterocycles. The van der Waals surface area contributed by atoms with E-state index in [4.69, 9.17) is 5.11 Å². The van der Waals surface area contributed by atoms with Crippen LogP contribution in [0.5, 0.6) is 0 Å². The number of piperidine rings is 1. The summed E-state index contributed by atoms with van der Waals surface area (Å²) in [5, 5.41) is 12.1. The van der Waals surface area contributed by atoms with Gasteiger partial charge in [0.25, 0.3) is 0 Å². The lowest BCUT2D eigenvalue weighted by molar-refractivity contribution is 0.235. The maximum absolute atomic E-state index is 8.66. The van der Waals surface area contributed by atoms with E-state index < -0.39 is 0 Å². The molecule has 0 unspecified atom stereocenters. The average molecular weight is 143 g/mol. The molecule has 1 fully saturated rings. The van der Waals surface area contributed by atoms with Gasteiger partial charge >= 0.3 is 0 Å². The number of aliphatic hydroxyl groups excluding tert-OH is 1. The van der Waals surface area contributed by atoms with E-state index in [-0.39, 0.29) is 0 Å². The molecule has 1 aliphatic heterocycles. The number of rotatable bonds is 2. The Labute approximate surface area is 62.6 Å². The molecule has 2 atom stereocenters. The quantitative estimate of drug-likeness (QED) is 0.602. The third kappa shape index (κ3) is 2.27. The van der Waals surface area contributed by atoms with Gasteiger partial charge in [-0.25, -0.2) is 0 Å². The molecule has 0 bridgehead atoms. The second kappa shape index (κ2) is 3.94. The molecule has 0 aromatic rings. The van der Waals surface area contributed by atoms with Crippen molar-refractivity contribution in [3.8, 4) is 0 Å². The van der Waals surface area contributed by atoms with E-state index in [1.54, 1.807) is 0 Å². The van der Waals surface area contributed by atoms with Crippen molar-refractivity contribution in [3.63, 3.8) is 0 Å². The molecule has 2 N–H and O–H groups in total. The van der Waals surface area contributed by atoms with Crippen LogP contribution in [-0.4, -0.2) is 23.8 Å². The summed E-state index contributed by atoms with van der Waals surface area (Å²) in [6.45, 7) is 2.54. The van der Waals surface area contributed by atoms with Crippen LogP contribution in [0.4, 0.5) is 0 Å². The van der Waals surface area contributed by atoms with Crippen molar-refractivity contribution in [2.24, 2.45) is 0 Å². The predicted molar refractivity (Wildman–Crippen MR) is 41.9 cm³/mol. The Morgan fingerprint density at radius 1 is 1.50 bits per heavy atom. The normalized spacial score (nSPS) is 34.2. The SMILES string of the molecule is C[C@@H]1CCC[C@@H](CCO)N1. The zero-order valence-corrected chi connectivity index (χ0v) is 6.64. The van der Waals surface area contributed by atoms with Gasteiger partial charge in [0.2, 0.25) is 0 Å². The Balaban J connectivity index is 2.18. The van der Waals surface area contributed by atoms with Gasteiger partial charge < -0.3 is 10.4 Å². The van der Waals surface area contributed by atoms with Gasteiger partial charge in [-0.1, -0.05) is 6.42 Å². The minimum Gasteiger partial charge on any atom is -0.396 e. The molecule has 1 saturated heterocycles. The van der Waals surface area contributed by atoms with Gasteiger partial charge in [0.1, 0.15) is 0 Å². The van der Waals surface area contributed by atoms with Crippen molar-refractivity contribution in [1.29, 1.82) is 0 Å². The highest BCUT2D eigenvalue weighted by Gasteiger charge is 2.16. The van der Waals surface area contributed by atoms with Gasteiger partial charge in [-0.05, 0) is 26.2 Å². The van der Waals surface area contributed by atoms with Gasteiger partial charge in [0.15, 0.2) is 0 Å². The molecule has 1 rings (SSSR count). The van der Waals surface area contributed by atoms with E-state index in [1.165, 1.54) is 19.3 Å².